The summed E-state index contributed by atoms with van der Waals surface area (Å²) < 4.78 is 5.66. The predicted octanol–water partition coefficient (Wildman–Crippen LogP) is 0.748. The Morgan fingerprint density at radius 3 is 2.79 bits per heavy atom. The number of ether oxygens (including phenoxy) is 1. The SMILES string of the molecule is CN1CCC(Oc2nc(NN)ccc2[N+](=O)[O-])CC1. The van der Waals surface area contributed by atoms with Crippen molar-refractivity contribution in [3.8, 4) is 5.88 Å². The summed E-state index contributed by atoms with van der Waals surface area (Å²) >= 11 is 0. The normalized spacial score (nSPS) is 17.2. The molecule has 0 bridgehead atoms. The number of nitrogens with zero attached hydrogens (tertiary/aromatic N) is 3. The molecule has 1 aromatic rings. The van der Waals surface area contributed by atoms with Crippen LogP contribution < -0.4 is 16.0 Å². The van der Waals surface area contributed by atoms with Gasteiger partial charge in [0.1, 0.15) is 11.9 Å². The molecule has 19 heavy (non-hydrogen) atoms. The van der Waals surface area contributed by atoms with Gasteiger partial charge in [-0.3, -0.25) is 10.1 Å². The minimum Gasteiger partial charge on any atom is -0.469 e. The summed E-state index contributed by atoms with van der Waals surface area (Å²) in [6.07, 6.45) is 1.61. The highest BCUT2D eigenvalue weighted by molar-refractivity contribution is 5.48. The van der Waals surface area contributed by atoms with Gasteiger partial charge in [-0.15, -0.1) is 0 Å². The van der Waals surface area contributed by atoms with Gasteiger partial charge in [-0.25, -0.2) is 5.84 Å². The fourth-order valence-corrected chi connectivity index (χ4v) is 2.00. The van der Waals surface area contributed by atoms with Crippen LogP contribution in [0.1, 0.15) is 12.8 Å². The summed E-state index contributed by atoms with van der Waals surface area (Å²) in [6, 6.07) is 2.78. The van der Waals surface area contributed by atoms with Gasteiger partial charge in [-0.1, -0.05) is 0 Å². The highest BCUT2D eigenvalue weighted by Crippen LogP contribution is 2.28. The van der Waals surface area contributed by atoms with Crippen molar-refractivity contribution in [3.05, 3.63) is 22.2 Å². The van der Waals surface area contributed by atoms with Gasteiger partial charge in [-0.2, -0.15) is 4.98 Å². The number of hydrogen-bond acceptors (Lipinski definition) is 7. The number of hydrazine groups is 1. The van der Waals surface area contributed by atoms with Crippen LogP contribution in [0.25, 0.3) is 0 Å². The molecular formula is C11H17N5O3. The van der Waals surface area contributed by atoms with Gasteiger partial charge < -0.3 is 15.1 Å². The minimum absolute atomic E-state index is 0.0232. The van der Waals surface area contributed by atoms with E-state index in [9.17, 15) is 10.1 Å². The number of nitrogens with one attached hydrogen (secondary N) is 1. The first-order valence-electron chi connectivity index (χ1n) is 6.07. The first kappa shape index (κ1) is 13.5. The molecule has 1 fully saturated rings. The van der Waals surface area contributed by atoms with Crippen LogP contribution in [0, 0.1) is 10.1 Å². The molecule has 1 aromatic heterocycles. The highest BCUT2D eigenvalue weighted by atomic mass is 16.6. The predicted molar refractivity (Wildman–Crippen MR) is 69.8 cm³/mol. The zero-order chi connectivity index (χ0) is 13.8. The fourth-order valence-electron chi connectivity index (χ4n) is 2.00. The maximum absolute atomic E-state index is 10.9. The van der Waals surface area contributed by atoms with Crippen molar-refractivity contribution >= 4 is 11.5 Å². The number of rotatable bonds is 4. The van der Waals surface area contributed by atoms with E-state index >= 15 is 0 Å². The molecule has 8 nitrogen and oxygen atoms in total. The van der Waals surface area contributed by atoms with E-state index in [0.717, 1.165) is 25.9 Å². The van der Waals surface area contributed by atoms with E-state index in [1.54, 1.807) is 0 Å². The molecule has 0 atom stereocenters. The van der Waals surface area contributed by atoms with Crippen LogP contribution in [-0.2, 0) is 0 Å². The van der Waals surface area contributed by atoms with Crippen LogP contribution >= 0.6 is 0 Å². The number of piperidine rings is 1. The number of aromatic nitrogens is 1. The number of hydrogen-bond donors (Lipinski definition) is 2. The Balaban J connectivity index is 2.15. The third-order valence-corrected chi connectivity index (χ3v) is 3.13. The number of nitrogens with two attached hydrogens (primary N) is 1. The first-order valence-corrected chi connectivity index (χ1v) is 6.07. The van der Waals surface area contributed by atoms with Crippen molar-refractivity contribution in [2.24, 2.45) is 5.84 Å². The first-order chi connectivity index (χ1) is 9.10. The summed E-state index contributed by atoms with van der Waals surface area (Å²) in [4.78, 5) is 16.6. The van der Waals surface area contributed by atoms with Crippen LogP contribution in [0.3, 0.4) is 0 Å². The lowest BCUT2D eigenvalue weighted by atomic mass is 10.1. The zero-order valence-corrected chi connectivity index (χ0v) is 10.7. The Morgan fingerprint density at radius 2 is 2.21 bits per heavy atom. The van der Waals surface area contributed by atoms with Crippen LogP contribution in [0.15, 0.2) is 12.1 Å². The Bertz CT molecular complexity index is 460. The molecule has 0 aliphatic carbocycles. The van der Waals surface area contributed by atoms with Crippen molar-refractivity contribution < 1.29 is 9.66 Å². The molecule has 2 rings (SSSR count). The molecule has 8 heteroatoms. The number of likely N-dealkylation sites (tertiary alicyclic amines) is 1. The Labute approximate surface area is 110 Å². The number of nitrogen functional groups attached to an aromatic ring is 1. The number of anilines is 1. The maximum Gasteiger partial charge on any atom is 0.331 e. The van der Waals surface area contributed by atoms with E-state index in [1.165, 1.54) is 12.1 Å². The smallest absolute Gasteiger partial charge is 0.331 e. The Kier molecular flexibility index (Phi) is 4.13. The quantitative estimate of drug-likeness (QED) is 0.471. The average Bonchev–Trinajstić information content (AvgIpc) is 2.41. The largest absolute Gasteiger partial charge is 0.469 e. The molecule has 1 saturated heterocycles. The molecule has 1 aliphatic heterocycles. The van der Waals surface area contributed by atoms with Crippen molar-refractivity contribution in [1.29, 1.82) is 0 Å². The van der Waals surface area contributed by atoms with Crippen molar-refractivity contribution in [1.82, 2.24) is 9.88 Å². The zero-order valence-electron chi connectivity index (χ0n) is 10.7. The summed E-state index contributed by atoms with van der Waals surface area (Å²) in [5, 5.41) is 10.9. The molecule has 0 aromatic carbocycles. The second-order valence-corrected chi connectivity index (χ2v) is 4.54. The topological polar surface area (TPSA) is 107 Å². The van der Waals surface area contributed by atoms with Gasteiger partial charge in [0, 0.05) is 19.2 Å². The molecule has 1 aliphatic rings. The van der Waals surface area contributed by atoms with Crippen LogP contribution in [-0.4, -0.2) is 41.0 Å². The van der Waals surface area contributed by atoms with E-state index in [4.69, 9.17) is 10.6 Å². The van der Waals surface area contributed by atoms with Crippen LogP contribution in [0.5, 0.6) is 5.88 Å². The standard InChI is InChI=1S/C11H17N5O3/c1-15-6-4-8(5-7-15)19-11-9(16(17)18)2-3-10(13-11)14-12/h2-3,8H,4-7,12H2,1H3,(H,13,14). The summed E-state index contributed by atoms with van der Waals surface area (Å²) in [7, 11) is 2.04. The van der Waals surface area contributed by atoms with Gasteiger partial charge in [0.25, 0.3) is 5.88 Å². The van der Waals surface area contributed by atoms with E-state index in [2.05, 4.69) is 15.3 Å². The van der Waals surface area contributed by atoms with Crippen molar-refractivity contribution in [3.63, 3.8) is 0 Å². The molecular weight excluding hydrogens is 250 g/mol. The third-order valence-electron chi connectivity index (χ3n) is 3.13. The molecule has 2 heterocycles. The molecule has 0 unspecified atom stereocenters. The third kappa shape index (κ3) is 3.30. The summed E-state index contributed by atoms with van der Waals surface area (Å²) in [6.45, 7) is 1.82. The maximum atomic E-state index is 10.9. The van der Waals surface area contributed by atoms with E-state index < -0.39 is 4.92 Å². The van der Waals surface area contributed by atoms with E-state index in [-0.39, 0.29) is 17.7 Å². The molecule has 0 spiro atoms. The van der Waals surface area contributed by atoms with E-state index in [1.807, 2.05) is 7.05 Å². The number of nitro groups is 1. The highest BCUT2D eigenvalue weighted by Gasteiger charge is 2.24. The molecule has 0 saturated carbocycles. The van der Waals surface area contributed by atoms with Gasteiger partial charge in [-0.05, 0) is 26.0 Å². The second kappa shape index (κ2) is 5.81. The minimum atomic E-state index is -0.502. The Hall–Kier alpha value is -1.93. The molecule has 3 N–H and O–H groups in total. The van der Waals surface area contributed by atoms with Crippen LogP contribution in [0.4, 0.5) is 11.5 Å². The fraction of sp³-hybridized carbons (Fsp3) is 0.545. The summed E-state index contributed by atoms with van der Waals surface area (Å²) in [5.41, 5.74) is 2.22. The van der Waals surface area contributed by atoms with Crippen molar-refractivity contribution in [2.75, 3.05) is 25.6 Å². The van der Waals surface area contributed by atoms with Gasteiger partial charge in [0.05, 0.1) is 4.92 Å². The lowest BCUT2D eigenvalue weighted by molar-refractivity contribution is -0.386. The monoisotopic (exact) mass is 267 g/mol. The van der Waals surface area contributed by atoms with Crippen LogP contribution in [0.2, 0.25) is 0 Å². The average molecular weight is 267 g/mol. The van der Waals surface area contributed by atoms with Gasteiger partial charge in [0.2, 0.25) is 0 Å². The lowest BCUT2D eigenvalue weighted by Crippen LogP contribution is -2.35. The summed E-state index contributed by atoms with van der Waals surface area (Å²) in [5.74, 6) is 5.62. The van der Waals surface area contributed by atoms with Gasteiger partial charge >= 0.3 is 5.69 Å². The van der Waals surface area contributed by atoms with Gasteiger partial charge in [0.15, 0.2) is 0 Å². The number of pyridine rings is 1. The lowest BCUT2D eigenvalue weighted by Gasteiger charge is -2.28. The molecule has 104 valence electrons. The van der Waals surface area contributed by atoms with E-state index in [0.29, 0.717) is 5.82 Å². The Morgan fingerprint density at radius 1 is 1.53 bits per heavy atom. The molecule has 0 radical (unpaired) electrons. The van der Waals surface area contributed by atoms with Crippen molar-refractivity contribution in [2.45, 2.75) is 18.9 Å². The second-order valence-electron chi connectivity index (χ2n) is 4.54. The molecule has 0 amide bonds.